The molecule has 41 heavy (non-hydrogen) atoms. The fourth-order valence-electron chi connectivity index (χ4n) is 4.75. The van der Waals surface area contributed by atoms with Gasteiger partial charge in [0.05, 0.1) is 12.2 Å². The van der Waals surface area contributed by atoms with E-state index in [0.29, 0.717) is 5.56 Å². The van der Waals surface area contributed by atoms with Crippen LogP contribution in [0.4, 0.5) is 17.1 Å². The van der Waals surface area contributed by atoms with Crippen molar-refractivity contribution < 1.29 is 14.3 Å². The van der Waals surface area contributed by atoms with Crippen molar-refractivity contribution in [1.82, 2.24) is 0 Å². The molecular weight excluding hydrogens is 506 g/mol. The highest BCUT2D eigenvalue weighted by Gasteiger charge is 2.14. The Labute approximate surface area is 242 Å². The molecule has 206 valence electrons. The summed E-state index contributed by atoms with van der Waals surface area (Å²) in [4.78, 5) is 13.5. The summed E-state index contributed by atoms with van der Waals surface area (Å²) in [6, 6.07) is 41.1. The number of rotatable bonds is 10. The molecule has 0 spiro atoms. The molecule has 0 N–H and O–H groups in total. The lowest BCUT2D eigenvalue weighted by atomic mass is 10.0. The van der Waals surface area contributed by atoms with E-state index in [2.05, 4.69) is 77.7 Å². The fourth-order valence-corrected chi connectivity index (χ4v) is 4.75. The molecular formula is C37H35NO3. The van der Waals surface area contributed by atoms with Gasteiger partial charge in [0, 0.05) is 22.6 Å². The van der Waals surface area contributed by atoms with Gasteiger partial charge in [0.15, 0.2) is 0 Å². The molecule has 0 aliphatic heterocycles. The summed E-state index contributed by atoms with van der Waals surface area (Å²) < 4.78 is 11.6. The number of carbonyl (C=O) groups excluding carboxylic acids is 1. The average molecular weight is 542 g/mol. The molecule has 0 aliphatic carbocycles. The van der Waals surface area contributed by atoms with Gasteiger partial charge in [0.2, 0.25) is 0 Å². The SMILES string of the molecule is CC(C)Oc1ccc(-c2ccc(N(c3ccc(C=O)cc3)c3ccc(-c4ccc(OC(C)C)cc4)cc3)cc2)cc1. The Morgan fingerprint density at radius 1 is 0.463 bits per heavy atom. The van der Waals surface area contributed by atoms with Crippen LogP contribution in [0.1, 0.15) is 38.1 Å². The number of anilines is 3. The van der Waals surface area contributed by atoms with Gasteiger partial charge in [-0.15, -0.1) is 0 Å². The predicted molar refractivity (Wildman–Crippen MR) is 169 cm³/mol. The Kier molecular flexibility index (Phi) is 8.50. The number of benzene rings is 5. The maximum atomic E-state index is 11.3. The summed E-state index contributed by atoms with van der Waals surface area (Å²) in [5.41, 5.74) is 8.18. The third-order valence-corrected chi connectivity index (χ3v) is 6.66. The minimum Gasteiger partial charge on any atom is -0.491 e. The Hall–Kier alpha value is -4.83. The summed E-state index contributed by atoms with van der Waals surface area (Å²) in [7, 11) is 0. The van der Waals surface area contributed by atoms with Crippen molar-refractivity contribution in [2.24, 2.45) is 0 Å². The van der Waals surface area contributed by atoms with Gasteiger partial charge in [-0.05, 0) is 123 Å². The molecule has 4 heteroatoms. The molecule has 5 aromatic carbocycles. The average Bonchev–Trinajstić information content (AvgIpc) is 2.99. The van der Waals surface area contributed by atoms with Gasteiger partial charge in [-0.3, -0.25) is 4.79 Å². The molecule has 5 rings (SSSR count). The highest BCUT2D eigenvalue weighted by molar-refractivity contribution is 5.82. The molecule has 0 aromatic heterocycles. The van der Waals surface area contributed by atoms with E-state index in [0.717, 1.165) is 57.1 Å². The van der Waals surface area contributed by atoms with Crippen LogP contribution in [0.2, 0.25) is 0 Å². The van der Waals surface area contributed by atoms with Crippen LogP contribution in [0, 0.1) is 0 Å². The first-order valence-electron chi connectivity index (χ1n) is 14.0. The summed E-state index contributed by atoms with van der Waals surface area (Å²) in [6.45, 7) is 8.11. The molecule has 0 atom stereocenters. The van der Waals surface area contributed by atoms with Crippen molar-refractivity contribution in [2.45, 2.75) is 39.9 Å². The summed E-state index contributed by atoms with van der Waals surface area (Å²) in [5, 5.41) is 0. The second-order valence-electron chi connectivity index (χ2n) is 10.5. The Balaban J connectivity index is 1.44. The van der Waals surface area contributed by atoms with E-state index < -0.39 is 0 Å². The topological polar surface area (TPSA) is 38.8 Å². The van der Waals surface area contributed by atoms with Gasteiger partial charge in [-0.1, -0.05) is 48.5 Å². The van der Waals surface area contributed by atoms with Gasteiger partial charge in [0.1, 0.15) is 17.8 Å². The number of hydrogen-bond acceptors (Lipinski definition) is 4. The zero-order valence-electron chi connectivity index (χ0n) is 24.0. The van der Waals surface area contributed by atoms with Crippen molar-refractivity contribution in [3.05, 3.63) is 127 Å². The summed E-state index contributed by atoms with van der Waals surface area (Å²) in [5.74, 6) is 1.74. The molecule has 5 aromatic rings. The zero-order chi connectivity index (χ0) is 28.8. The van der Waals surface area contributed by atoms with Crippen LogP contribution >= 0.6 is 0 Å². The Morgan fingerprint density at radius 2 is 0.756 bits per heavy atom. The minimum absolute atomic E-state index is 0.144. The molecule has 0 radical (unpaired) electrons. The van der Waals surface area contributed by atoms with Crippen molar-refractivity contribution in [3.8, 4) is 33.8 Å². The maximum Gasteiger partial charge on any atom is 0.150 e. The third-order valence-electron chi connectivity index (χ3n) is 6.66. The van der Waals surface area contributed by atoms with E-state index >= 15 is 0 Å². The predicted octanol–water partition coefficient (Wildman–Crippen LogP) is 9.88. The lowest BCUT2D eigenvalue weighted by Crippen LogP contribution is -2.10. The maximum absolute atomic E-state index is 11.3. The quantitative estimate of drug-likeness (QED) is 0.165. The zero-order valence-corrected chi connectivity index (χ0v) is 24.0. The molecule has 0 heterocycles. The lowest BCUT2D eigenvalue weighted by Gasteiger charge is -2.26. The van der Waals surface area contributed by atoms with Crippen LogP contribution < -0.4 is 14.4 Å². The third kappa shape index (κ3) is 6.85. The minimum atomic E-state index is 0.144. The second kappa shape index (κ2) is 12.6. The largest absolute Gasteiger partial charge is 0.491 e. The van der Waals surface area contributed by atoms with Gasteiger partial charge in [-0.2, -0.15) is 0 Å². The van der Waals surface area contributed by atoms with E-state index in [-0.39, 0.29) is 12.2 Å². The van der Waals surface area contributed by atoms with Crippen molar-refractivity contribution in [1.29, 1.82) is 0 Å². The Morgan fingerprint density at radius 3 is 1.05 bits per heavy atom. The second-order valence-corrected chi connectivity index (χ2v) is 10.5. The first kappa shape index (κ1) is 27.7. The molecule has 0 aliphatic rings. The standard InChI is InChI=1S/C37H35NO3/c1-26(2)40-36-21-11-31(12-22-36)29-7-17-34(18-8-29)38(33-15-5-28(25-39)6-16-33)35-19-9-30(10-20-35)32-13-23-37(24-14-32)41-27(3)4/h5-27H,1-4H3. The van der Waals surface area contributed by atoms with Crippen molar-refractivity contribution in [2.75, 3.05) is 4.90 Å². The molecule has 0 bridgehead atoms. The molecule has 0 unspecified atom stereocenters. The summed E-state index contributed by atoms with van der Waals surface area (Å²) in [6.07, 6.45) is 1.16. The van der Waals surface area contributed by atoms with E-state index in [1.54, 1.807) is 0 Å². The van der Waals surface area contributed by atoms with E-state index in [1.807, 2.05) is 76.2 Å². The van der Waals surface area contributed by atoms with E-state index in [4.69, 9.17) is 9.47 Å². The monoisotopic (exact) mass is 541 g/mol. The number of aldehydes is 1. The highest BCUT2D eigenvalue weighted by atomic mass is 16.5. The van der Waals surface area contributed by atoms with Crippen molar-refractivity contribution >= 4 is 23.3 Å². The fraction of sp³-hybridized carbons (Fsp3) is 0.162. The van der Waals surface area contributed by atoms with Gasteiger partial charge < -0.3 is 14.4 Å². The van der Waals surface area contributed by atoms with Crippen LogP contribution in [-0.2, 0) is 0 Å². The number of hydrogen-bond donors (Lipinski definition) is 0. The van der Waals surface area contributed by atoms with Gasteiger partial charge in [-0.25, -0.2) is 0 Å². The Bertz CT molecular complexity index is 1460. The molecule has 0 amide bonds. The van der Waals surface area contributed by atoms with Crippen LogP contribution in [-0.4, -0.2) is 18.5 Å². The van der Waals surface area contributed by atoms with Gasteiger partial charge >= 0.3 is 0 Å². The van der Waals surface area contributed by atoms with E-state index in [1.165, 1.54) is 0 Å². The van der Waals surface area contributed by atoms with Crippen LogP contribution in [0.3, 0.4) is 0 Å². The number of nitrogens with zero attached hydrogens (tertiary/aromatic N) is 1. The normalized spacial score (nSPS) is 11.0. The lowest BCUT2D eigenvalue weighted by molar-refractivity contribution is 0.112. The van der Waals surface area contributed by atoms with E-state index in [9.17, 15) is 4.79 Å². The smallest absolute Gasteiger partial charge is 0.150 e. The number of ether oxygens (including phenoxy) is 2. The van der Waals surface area contributed by atoms with Crippen LogP contribution in [0.5, 0.6) is 11.5 Å². The van der Waals surface area contributed by atoms with Gasteiger partial charge in [0.25, 0.3) is 0 Å². The summed E-state index contributed by atoms with van der Waals surface area (Å²) >= 11 is 0. The van der Waals surface area contributed by atoms with Crippen LogP contribution in [0.15, 0.2) is 121 Å². The molecule has 0 fully saturated rings. The van der Waals surface area contributed by atoms with Crippen molar-refractivity contribution in [3.63, 3.8) is 0 Å². The molecule has 0 saturated carbocycles. The highest BCUT2D eigenvalue weighted by Crippen LogP contribution is 2.37. The first-order valence-corrected chi connectivity index (χ1v) is 14.0. The molecule has 0 saturated heterocycles. The van der Waals surface area contributed by atoms with Crippen LogP contribution in [0.25, 0.3) is 22.3 Å². The first-order chi connectivity index (χ1) is 19.9. The number of carbonyl (C=O) groups is 1. The molecule has 4 nitrogen and oxygen atoms in total.